The van der Waals surface area contributed by atoms with Crippen LogP contribution in [0.4, 0.5) is 5.69 Å². The third-order valence-electron chi connectivity index (χ3n) is 3.80. The Balaban J connectivity index is 1.95. The summed E-state index contributed by atoms with van der Waals surface area (Å²) in [6, 6.07) is 17.4. The van der Waals surface area contributed by atoms with Crippen molar-refractivity contribution in [2.75, 3.05) is 0 Å². The van der Waals surface area contributed by atoms with Gasteiger partial charge in [-0.2, -0.15) is 0 Å². The lowest BCUT2D eigenvalue weighted by Crippen LogP contribution is -2.12. The lowest BCUT2D eigenvalue weighted by Gasteiger charge is -2.24. The predicted octanol–water partition coefficient (Wildman–Crippen LogP) is 4.82. The highest BCUT2D eigenvalue weighted by molar-refractivity contribution is 5.88. The summed E-state index contributed by atoms with van der Waals surface area (Å²) in [5.74, 6) is 0.565. The van der Waals surface area contributed by atoms with Gasteiger partial charge in [-0.15, -0.1) is 0 Å². The number of hydrogen-bond acceptors (Lipinski definition) is 1. The van der Waals surface area contributed by atoms with Crippen molar-refractivity contribution >= 4 is 11.4 Å². The molecule has 1 atom stereocenters. The van der Waals surface area contributed by atoms with Gasteiger partial charge in [0.15, 0.2) is 0 Å². The molecule has 0 spiro atoms. The molecule has 1 nitrogen and oxygen atoms in total. The summed E-state index contributed by atoms with van der Waals surface area (Å²) < 4.78 is 0. The van der Waals surface area contributed by atoms with Gasteiger partial charge >= 0.3 is 0 Å². The minimum atomic E-state index is 0.565. The molecule has 0 radical (unpaired) electrons. The molecule has 0 fully saturated rings. The van der Waals surface area contributed by atoms with E-state index in [1.54, 1.807) is 0 Å². The van der Waals surface area contributed by atoms with Crippen molar-refractivity contribution in [2.45, 2.75) is 32.6 Å². The van der Waals surface area contributed by atoms with Crippen molar-refractivity contribution in [3.8, 4) is 0 Å². The van der Waals surface area contributed by atoms with Gasteiger partial charge in [0.05, 0.1) is 5.69 Å². The highest BCUT2D eigenvalue weighted by Crippen LogP contribution is 2.37. The van der Waals surface area contributed by atoms with Crippen LogP contribution < -0.4 is 0 Å². The van der Waals surface area contributed by atoms with E-state index in [-0.39, 0.29) is 0 Å². The van der Waals surface area contributed by atoms with E-state index in [1.165, 1.54) is 22.4 Å². The molecule has 19 heavy (non-hydrogen) atoms. The number of fused-ring (bicyclic) bond motifs is 1. The van der Waals surface area contributed by atoms with Crippen LogP contribution in [0.3, 0.4) is 0 Å². The van der Waals surface area contributed by atoms with Gasteiger partial charge in [-0.3, -0.25) is 4.99 Å². The molecule has 0 saturated carbocycles. The second-order valence-corrected chi connectivity index (χ2v) is 5.50. The second kappa shape index (κ2) is 5.00. The number of aliphatic imine (C=N–C) groups is 1. The molecule has 1 heteroatoms. The van der Waals surface area contributed by atoms with Gasteiger partial charge in [-0.05, 0) is 49.8 Å². The zero-order chi connectivity index (χ0) is 13.2. The Labute approximate surface area is 115 Å². The van der Waals surface area contributed by atoms with Crippen molar-refractivity contribution in [2.24, 2.45) is 4.99 Å². The van der Waals surface area contributed by atoms with Crippen LogP contribution in [0.5, 0.6) is 0 Å². The molecule has 3 rings (SSSR count). The lowest BCUT2D eigenvalue weighted by atomic mass is 9.84. The van der Waals surface area contributed by atoms with E-state index in [4.69, 9.17) is 4.99 Å². The molecule has 0 amide bonds. The van der Waals surface area contributed by atoms with Crippen molar-refractivity contribution in [3.63, 3.8) is 0 Å². The van der Waals surface area contributed by atoms with Crippen LogP contribution in [-0.4, -0.2) is 5.71 Å². The minimum absolute atomic E-state index is 0.565. The molecule has 0 bridgehead atoms. The first kappa shape index (κ1) is 12.2. The van der Waals surface area contributed by atoms with E-state index in [0.717, 1.165) is 18.5 Å². The monoisotopic (exact) mass is 249 g/mol. The van der Waals surface area contributed by atoms with Gasteiger partial charge in [0.25, 0.3) is 0 Å². The normalized spacial score (nSPS) is 17.8. The maximum Gasteiger partial charge on any atom is 0.0664 e. The molecule has 2 aromatic rings. The smallest absolute Gasteiger partial charge is 0.0664 e. The van der Waals surface area contributed by atoms with Gasteiger partial charge in [0.1, 0.15) is 0 Å². The third-order valence-corrected chi connectivity index (χ3v) is 3.80. The van der Waals surface area contributed by atoms with Crippen molar-refractivity contribution in [1.82, 2.24) is 0 Å². The number of benzene rings is 2. The number of rotatable bonds is 2. The van der Waals surface area contributed by atoms with Gasteiger partial charge in [0.2, 0.25) is 0 Å². The summed E-state index contributed by atoms with van der Waals surface area (Å²) in [5.41, 5.74) is 6.56. The van der Waals surface area contributed by atoms with Gasteiger partial charge in [-0.25, -0.2) is 0 Å². The average molecular weight is 249 g/mol. The minimum Gasteiger partial charge on any atom is -0.258 e. The first-order valence-corrected chi connectivity index (χ1v) is 6.91. The zero-order valence-electron chi connectivity index (χ0n) is 11.6. The maximum absolute atomic E-state index is 4.70. The number of aryl methyl sites for hydroxylation is 1. The third kappa shape index (κ3) is 2.60. The van der Waals surface area contributed by atoms with Crippen molar-refractivity contribution < 1.29 is 0 Å². The van der Waals surface area contributed by atoms with E-state index in [9.17, 15) is 0 Å². The molecule has 0 N–H and O–H groups in total. The number of nitrogens with zero attached hydrogens (tertiary/aromatic N) is 1. The van der Waals surface area contributed by atoms with E-state index >= 15 is 0 Å². The highest BCUT2D eigenvalue weighted by Gasteiger charge is 2.21. The molecule has 1 aliphatic heterocycles. The Morgan fingerprint density at radius 2 is 1.84 bits per heavy atom. The van der Waals surface area contributed by atoms with Gasteiger partial charge < -0.3 is 0 Å². The topological polar surface area (TPSA) is 12.4 Å². The Bertz CT molecular complexity index is 611. The summed E-state index contributed by atoms with van der Waals surface area (Å²) in [7, 11) is 0. The molecule has 1 heterocycles. The molecule has 1 unspecified atom stereocenters. The average Bonchev–Trinajstić information content (AvgIpc) is 2.41. The Morgan fingerprint density at radius 3 is 2.63 bits per heavy atom. The van der Waals surface area contributed by atoms with Crippen LogP contribution in [0.2, 0.25) is 0 Å². The van der Waals surface area contributed by atoms with Crippen molar-refractivity contribution in [1.29, 1.82) is 0 Å². The molecular formula is C18H19N. The van der Waals surface area contributed by atoms with Crippen LogP contribution in [0.25, 0.3) is 0 Å². The molecule has 0 aliphatic carbocycles. The zero-order valence-corrected chi connectivity index (χ0v) is 11.6. The fourth-order valence-electron chi connectivity index (χ4n) is 2.90. The standard InChI is InChI=1S/C18H19N/c1-13-8-9-18-17(10-13)16(11-14(2)19-18)12-15-6-4-3-5-7-15/h3-10,16H,11-12H2,1-2H3. The molecule has 1 aliphatic rings. The predicted molar refractivity (Wildman–Crippen MR) is 81.5 cm³/mol. The largest absolute Gasteiger partial charge is 0.258 e. The van der Waals surface area contributed by atoms with Crippen LogP contribution in [-0.2, 0) is 6.42 Å². The molecule has 0 aromatic heterocycles. The Hall–Kier alpha value is -1.89. The number of hydrogen-bond donors (Lipinski definition) is 0. The first-order valence-electron chi connectivity index (χ1n) is 6.91. The summed E-state index contributed by atoms with van der Waals surface area (Å²) >= 11 is 0. The second-order valence-electron chi connectivity index (χ2n) is 5.50. The van der Waals surface area contributed by atoms with Crippen LogP contribution in [0.15, 0.2) is 53.5 Å². The fourth-order valence-corrected chi connectivity index (χ4v) is 2.90. The lowest BCUT2D eigenvalue weighted by molar-refractivity contribution is 0.702. The van der Waals surface area contributed by atoms with Crippen LogP contribution in [0, 0.1) is 6.92 Å². The molecule has 96 valence electrons. The first-order chi connectivity index (χ1) is 9.22. The Morgan fingerprint density at radius 1 is 1.05 bits per heavy atom. The molecular weight excluding hydrogens is 230 g/mol. The van der Waals surface area contributed by atoms with Crippen molar-refractivity contribution in [3.05, 3.63) is 65.2 Å². The summed E-state index contributed by atoms with van der Waals surface area (Å²) in [6.45, 7) is 4.30. The van der Waals surface area contributed by atoms with Crippen LogP contribution >= 0.6 is 0 Å². The van der Waals surface area contributed by atoms with E-state index in [1.807, 2.05) is 0 Å². The Kier molecular flexibility index (Phi) is 3.20. The maximum atomic E-state index is 4.70. The van der Waals surface area contributed by atoms with E-state index in [2.05, 4.69) is 62.4 Å². The highest BCUT2D eigenvalue weighted by atomic mass is 14.8. The fraction of sp³-hybridized carbons (Fsp3) is 0.278. The summed E-state index contributed by atoms with van der Waals surface area (Å²) in [4.78, 5) is 4.70. The summed E-state index contributed by atoms with van der Waals surface area (Å²) in [5, 5.41) is 0. The quantitative estimate of drug-likeness (QED) is 0.723. The van der Waals surface area contributed by atoms with E-state index < -0.39 is 0 Å². The SMILES string of the molecule is CC1=Nc2ccc(C)cc2C(Cc2ccccc2)C1. The molecule has 0 saturated heterocycles. The molecule has 2 aromatic carbocycles. The summed E-state index contributed by atoms with van der Waals surface area (Å²) in [6.07, 6.45) is 2.18. The van der Waals surface area contributed by atoms with E-state index in [0.29, 0.717) is 5.92 Å². The van der Waals surface area contributed by atoms with Crippen LogP contribution in [0.1, 0.15) is 36.0 Å². The van der Waals surface area contributed by atoms with Gasteiger partial charge in [0, 0.05) is 5.71 Å². The van der Waals surface area contributed by atoms with Gasteiger partial charge in [-0.1, -0.05) is 48.0 Å².